The Morgan fingerprint density at radius 1 is 0.960 bits per heavy atom. The molecule has 0 saturated carbocycles. The Morgan fingerprint density at radius 3 is 2.24 bits per heavy atom. The number of para-hydroxylation sites is 2. The van der Waals surface area contributed by atoms with Gasteiger partial charge in [0.25, 0.3) is 0 Å². The molecule has 0 spiro atoms. The van der Waals surface area contributed by atoms with Crippen molar-refractivity contribution in [2.75, 3.05) is 6.54 Å². The molecule has 5 nitrogen and oxygen atoms in total. The summed E-state index contributed by atoms with van der Waals surface area (Å²) in [6, 6.07) is 17.5. The first-order chi connectivity index (χ1) is 12.2. The van der Waals surface area contributed by atoms with Crippen LogP contribution in [0.4, 0.5) is 16.2 Å². The van der Waals surface area contributed by atoms with Crippen LogP contribution in [0, 0.1) is 0 Å². The van der Waals surface area contributed by atoms with E-state index in [2.05, 4.69) is 17.6 Å². The lowest BCUT2D eigenvalue weighted by Gasteiger charge is -2.20. The van der Waals surface area contributed by atoms with E-state index < -0.39 is 0 Å². The molecule has 1 aliphatic heterocycles. The fraction of sp³-hybridized carbons (Fsp3) is 0.250. The lowest BCUT2D eigenvalue weighted by molar-refractivity contribution is 0.245. The average molecular weight is 334 g/mol. The van der Waals surface area contributed by atoms with Crippen LogP contribution in [-0.2, 0) is 0 Å². The summed E-state index contributed by atoms with van der Waals surface area (Å²) in [5.74, 6) is 0.420. The molecular weight excluding hydrogens is 312 g/mol. The fourth-order valence-corrected chi connectivity index (χ4v) is 2.92. The molecule has 0 aromatic heterocycles. The van der Waals surface area contributed by atoms with E-state index in [4.69, 9.17) is 9.98 Å². The number of carbonyl (C=O) groups is 1. The standard InChI is InChI=1S/C20H22N4O/c1-3-15-18(14-10-6-5-7-11-14)19(24-20(25)21-4-2)23-17-13-9-8-12-16(17)22-15/h5-13,18H,3-4H2,1-2H3,(H2,21,23,24,25)/t18-/m0/s1. The van der Waals surface area contributed by atoms with Crippen molar-refractivity contribution in [3.05, 3.63) is 60.2 Å². The molecule has 0 radical (unpaired) electrons. The second-order valence-corrected chi connectivity index (χ2v) is 5.77. The first-order valence-electron chi connectivity index (χ1n) is 8.57. The Hall–Kier alpha value is -2.95. The summed E-state index contributed by atoms with van der Waals surface area (Å²) in [5, 5.41) is 5.70. The summed E-state index contributed by atoms with van der Waals surface area (Å²) in [6.07, 6.45) is 0.768. The topological polar surface area (TPSA) is 65.8 Å². The second-order valence-electron chi connectivity index (χ2n) is 5.77. The van der Waals surface area contributed by atoms with Gasteiger partial charge >= 0.3 is 6.03 Å². The van der Waals surface area contributed by atoms with Gasteiger partial charge in [-0.1, -0.05) is 49.4 Å². The van der Waals surface area contributed by atoms with E-state index in [1.54, 1.807) is 0 Å². The van der Waals surface area contributed by atoms with Crippen molar-refractivity contribution in [3.63, 3.8) is 0 Å². The van der Waals surface area contributed by atoms with Gasteiger partial charge in [0, 0.05) is 12.3 Å². The molecule has 0 saturated heterocycles. The van der Waals surface area contributed by atoms with Gasteiger partial charge in [-0.25, -0.2) is 9.79 Å². The first kappa shape index (κ1) is 16.9. The Balaban J connectivity index is 2.12. The maximum Gasteiger partial charge on any atom is 0.320 e. The number of hydrogen-bond donors (Lipinski definition) is 2. The van der Waals surface area contributed by atoms with E-state index in [0.717, 1.165) is 29.1 Å². The molecule has 0 aliphatic carbocycles. The van der Waals surface area contributed by atoms with Gasteiger partial charge in [0.15, 0.2) is 0 Å². The highest BCUT2D eigenvalue weighted by Gasteiger charge is 2.27. The van der Waals surface area contributed by atoms with Crippen molar-refractivity contribution in [3.8, 4) is 0 Å². The summed E-state index contributed by atoms with van der Waals surface area (Å²) in [7, 11) is 0. The maximum absolute atomic E-state index is 12.2. The zero-order chi connectivity index (χ0) is 17.6. The molecule has 1 atom stereocenters. The average Bonchev–Trinajstić information content (AvgIpc) is 2.78. The molecule has 3 rings (SSSR count). The number of benzene rings is 2. The van der Waals surface area contributed by atoms with Gasteiger partial charge in [0.2, 0.25) is 0 Å². The molecule has 128 valence electrons. The maximum atomic E-state index is 12.2. The van der Waals surface area contributed by atoms with Crippen LogP contribution in [0.2, 0.25) is 0 Å². The van der Waals surface area contributed by atoms with Gasteiger partial charge in [-0.15, -0.1) is 0 Å². The van der Waals surface area contributed by atoms with E-state index in [-0.39, 0.29) is 11.9 Å². The summed E-state index contributed by atoms with van der Waals surface area (Å²) in [6.45, 7) is 4.52. The van der Waals surface area contributed by atoms with Crippen molar-refractivity contribution < 1.29 is 4.79 Å². The van der Waals surface area contributed by atoms with Crippen LogP contribution >= 0.6 is 0 Å². The highest BCUT2D eigenvalue weighted by Crippen LogP contribution is 2.34. The monoisotopic (exact) mass is 334 g/mol. The molecule has 0 unspecified atom stereocenters. The van der Waals surface area contributed by atoms with Crippen molar-refractivity contribution in [2.24, 2.45) is 9.98 Å². The summed E-state index contributed by atoms with van der Waals surface area (Å²) in [4.78, 5) is 21.8. The van der Waals surface area contributed by atoms with Crippen molar-refractivity contribution in [2.45, 2.75) is 26.2 Å². The minimum atomic E-state index is -0.253. The van der Waals surface area contributed by atoms with Crippen LogP contribution in [0.15, 0.2) is 64.6 Å². The fourth-order valence-electron chi connectivity index (χ4n) is 2.92. The number of fused-ring (bicyclic) bond motifs is 1. The van der Waals surface area contributed by atoms with Crippen LogP contribution < -0.4 is 10.6 Å². The van der Waals surface area contributed by atoms with Crippen molar-refractivity contribution >= 4 is 29.0 Å². The molecule has 1 heterocycles. The Bertz CT molecular complexity index is 811. The highest BCUT2D eigenvalue weighted by molar-refractivity contribution is 6.17. The summed E-state index contributed by atoms with van der Waals surface area (Å²) < 4.78 is 0. The molecule has 2 amide bonds. The van der Waals surface area contributed by atoms with Crippen LogP contribution in [0.25, 0.3) is 0 Å². The normalized spacial score (nSPS) is 16.2. The van der Waals surface area contributed by atoms with E-state index in [1.807, 2.05) is 61.5 Å². The zero-order valence-corrected chi connectivity index (χ0v) is 14.5. The minimum Gasteiger partial charge on any atom is -0.338 e. The molecule has 2 aromatic rings. The first-order valence-corrected chi connectivity index (χ1v) is 8.57. The molecule has 2 aromatic carbocycles. The van der Waals surface area contributed by atoms with Gasteiger partial charge in [-0.3, -0.25) is 10.3 Å². The van der Waals surface area contributed by atoms with Gasteiger partial charge < -0.3 is 5.32 Å². The van der Waals surface area contributed by atoms with Crippen LogP contribution in [-0.4, -0.2) is 24.1 Å². The van der Waals surface area contributed by atoms with Crippen molar-refractivity contribution in [1.82, 2.24) is 10.6 Å². The number of hydrogen-bond acceptors (Lipinski definition) is 3. The third kappa shape index (κ3) is 3.76. The predicted molar refractivity (Wildman–Crippen MR) is 102 cm³/mol. The van der Waals surface area contributed by atoms with Gasteiger partial charge in [-0.2, -0.15) is 0 Å². The number of carbonyl (C=O) groups excluding carboxylic acids is 1. The minimum absolute atomic E-state index is 0.179. The number of nitrogens with one attached hydrogen (secondary N) is 2. The third-order valence-electron chi connectivity index (χ3n) is 4.07. The van der Waals surface area contributed by atoms with Crippen LogP contribution in [0.1, 0.15) is 31.7 Å². The Morgan fingerprint density at radius 2 is 1.60 bits per heavy atom. The van der Waals surface area contributed by atoms with E-state index in [0.29, 0.717) is 12.4 Å². The van der Waals surface area contributed by atoms with Gasteiger partial charge in [-0.05, 0) is 31.0 Å². The molecular formula is C20H22N4O. The quantitative estimate of drug-likeness (QED) is 0.863. The van der Waals surface area contributed by atoms with E-state index >= 15 is 0 Å². The predicted octanol–water partition coefficient (Wildman–Crippen LogP) is 4.32. The molecule has 0 fully saturated rings. The molecule has 5 heteroatoms. The number of nitrogens with zero attached hydrogens (tertiary/aromatic N) is 2. The number of aliphatic imine (C=N–C) groups is 2. The van der Waals surface area contributed by atoms with E-state index in [1.165, 1.54) is 0 Å². The zero-order valence-electron chi connectivity index (χ0n) is 14.5. The summed E-state index contributed by atoms with van der Waals surface area (Å²) in [5.41, 5.74) is 3.63. The SMILES string of the molecule is CCNC(=O)NC1=Nc2ccccc2N=C(CC)[C@@H]1c1ccccc1. The molecule has 0 bridgehead atoms. The second kappa shape index (κ2) is 7.75. The van der Waals surface area contributed by atoms with E-state index in [9.17, 15) is 4.79 Å². The van der Waals surface area contributed by atoms with Gasteiger partial charge in [0.05, 0.1) is 17.3 Å². The molecule has 1 aliphatic rings. The Labute approximate surface area is 147 Å². The number of rotatable bonds is 3. The molecule has 2 N–H and O–H groups in total. The van der Waals surface area contributed by atoms with Crippen LogP contribution in [0.5, 0.6) is 0 Å². The lowest BCUT2D eigenvalue weighted by Crippen LogP contribution is -2.43. The molecule has 25 heavy (non-hydrogen) atoms. The number of amides is 2. The van der Waals surface area contributed by atoms with Crippen molar-refractivity contribution in [1.29, 1.82) is 0 Å². The third-order valence-corrected chi connectivity index (χ3v) is 4.07. The Kier molecular flexibility index (Phi) is 5.23. The number of amidine groups is 1. The van der Waals surface area contributed by atoms with Crippen LogP contribution in [0.3, 0.4) is 0 Å². The summed E-state index contributed by atoms with van der Waals surface area (Å²) >= 11 is 0. The highest BCUT2D eigenvalue weighted by atomic mass is 16.2. The largest absolute Gasteiger partial charge is 0.338 e. The van der Waals surface area contributed by atoms with Gasteiger partial charge in [0.1, 0.15) is 5.84 Å². The smallest absolute Gasteiger partial charge is 0.320 e. The number of urea groups is 1. The lowest BCUT2D eigenvalue weighted by atomic mass is 9.91.